The number of aryl methyl sites for hydroxylation is 1. The molecule has 29 heavy (non-hydrogen) atoms. The number of carbonyl (C=O) groups is 1. The van der Waals surface area contributed by atoms with Gasteiger partial charge in [-0.05, 0) is 73.5 Å². The predicted molar refractivity (Wildman–Crippen MR) is 114 cm³/mol. The third kappa shape index (κ3) is 5.19. The van der Waals surface area contributed by atoms with Gasteiger partial charge in [-0.25, -0.2) is 0 Å². The smallest absolute Gasteiger partial charge is 0.303 e. The second-order valence-electron chi connectivity index (χ2n) is 9.33. The molecule has 0 aliphatic heterocycles. The number of carboxylic acid groups (broad SMARTS) is 1. The molecule has 0 aromatic heterocycles. The average Bonchev–Trinajstić information content (AvgIpc) is 2.91. The van der Waals surface area contributed by atoms with Gasteiger partial charge in [0.2, 0.25) is 0 Å². The molecule has 0 amide bonds. The van der Waals surface area contributed by atoms with Crippen molar-refractivity contribution in [2.75, 3.05) is 0 Å². The second-order valence-corrected chi connectivity index (χ2v) is 9.33. The van der Waals surface area contributed by atoms with Crippen LogP contribution in [0.2, 0.25) is 0 Å². The summed E-state index contributed by atoms with van der Waals surface area (Å²) in [4.78, 5) is 11.0. The number of rotatable bonds is 10. The van der Waals surface area contributed by atoms with Gasteiger partial charge in [-0.15, -0.1) is 0 Å². The van der Waals surface area contributed by atoms with Crippen LogP contribution in [0, 0.1) is 11.8 Å². The molecular weight excluding hydrogens is 366 g/mol. The molecule has 5 heteroatoms. The highest BCUT2D eigenvalue weighted by Gasteiger charge is 2.52. The van der Waals surface area contributed by atoms with Crippen LogP contribution in [0.5, 0.6) is 0 Å². The molecule has 0 saturated heterocycles. The Bertz CT molecular complexity index is 706. The number of benzene rings is 1. The van der Waals surface area contributed by atoms with Crippen LogP contribution in [-0.4, -0.2) is 39.0 Å². The first kappa shape index (κ1) is 22.3. The van der Waals surface area contributed by atoms with E-state index in [9.17, 15) is 15.0 Å². The molecule has 5 nitrogen and oxygen atoms in total. The maximum atomic E-state index is 11.0. The lowest BCUT2D eigenvalue weighted by atomic mass is 9.68. The molecule has 1 fully saturated rings. The van der Waals surface area contributed by atoms with Crippen LogP contribution >= 0.6 is 0 Å². The summed E-state index contributed by atoms with van der Waals surface area (Å²) in [6.07, 6.45) is 7.79. The maximum Gasteiger partial charge on any atom is 0.303 e. The fourth-order valence-corrected chi connectivity index (χ4v) is 5.65. The van der Waals surface area contributed by atoms with Crippen molar-refractivity contribution in [3.05, 3.63) is 34.9 Å². The largest absolute Gasteiger partial charge is 0.481 e. The van der Waals surface area contributed by atoms with Crippen molar-refractivity contribution in [2.45, 2.75) is 95.3 Å². The van der Waals surface area contributed by atoms with E-state index in [2.05, 4.69) is 13.0 Å². The molecule has 162 valence electrons. The van der Waals surface area contributed by atoms with Gasteiger partial charge in [0, 0.05) is 12.0 Å². The number of unbranched alkanes of at least 4 members (excludes halogenated alkanes) is 2. The Morgan fingerprint density at radius 2 is 2.10 bits per heavy atom. The van der Waals surface area contributed by atoms with Crippen molar-refractivity contribution >= 4 is 5.97 Å². The third-order valence-electron chi connectivity index (χ3n) is 7.24. The Kier molecular flexibility index (Phi) is 7.36. The molecule has 0 heterocycles. The highest BCUT2D eigenvalue weighted by atomic mass is 16.4. The fourth-order valence-electron chi connectivity index (χ4n) is 5.65. The van der Waals surface area contributed by atoms with E-state index in [0.29, 0.717) is 19.3 Å². The Labute approximate surface area is 174 Å². The van der Waals surface area contributed by atoms with E-state index in [-0.39, 0.29) is 24.4 Å². The zero-order valence-electron chi connectivity index (χ0n) is 17.6. The topological polar surface area (TPSA) is 104 Å². The molecule has 4 unspecified atom stereocenters. The molecule has 1 saturated carbocycles. The minimum atomic E-state index is -0.785. The van der Waals surface area contributed by atoms with E-state index in [4.69, 9.17) is 10.8 Å². The SMILES string of the molecule is CCCCCC(O)CCC1C2Cc3cccc(CCC(=O)O)c3CC2(N)C[C@H]1O. The van der Waals surface area contributed by atoms with Crippen molar-refractivity contribution in [1.82, 2.24) is 0 Å². The lowest BCUT2D eigenvalue weighted by Gasteiger charge is -2.40. The molecule has 3 rings (SSSR count). The second kappa shape index (κ2) is 9.59. The average molecular weight is 404 g/mol. The first-order chi connectivity index (χ1) is 13.8. The van der Waals surface area contributed by atoms with Crippen molar-refractivity contribution < 1.29 is 20.1 Å². The molecule has 2 aliphatic carbocycles. The van der Waals surface area contributed by atoms with Crippen LogP contribution in [-0.2, 0) is 24.1 Å². The molecule has 0 spiro atoms. The summed E-state index contributed by atoms with van der Waals surface area (Å²) < 4.78 is 0. The summed E-state index contributed by atoms with van der Waals surface area (Å²) in [5.41, 5.74) is 9.94. The van der Waals surface area contributed by atoms with Gasteiger partial charge in [-0.1, -0.05) is 44.4 Å². The van der Waals surface area contributed by atoms with Gasteiger partial charge < -0.3 is 21.1 Å². The lowest BCUT2D eigenvalue weighted by Crippen LogP contribution is -2.50. The lowest BCUT2D eigenvalue weighted by molar-refractivity contribution is -0.136. The molecular formula is C24H37NO4. The molecule has 0 bridgehead atoms. The summed E-state index contributed by atoms with van der Waals surface area (Å²) in [5, 5.41) is 30.2. The number of hydrogen-bond donors (Lipinski definition) is 4. The van der Waals surface area contributed by atoms with Crippen molar-refractivity contribution in [3.8, 4) is 0 Å². The first-order valence-corrected chi connectivity index (χ1v) is 11.3. The minimum absolute atomic E-state index is 0.122. The molecule has 1 aromatic rings. The van der Waals surface area contributed by atoms with Crippen molar-refractivity contribution in [1.29, 1.82) is 0 Å². The number of hydrogen-bond acceptors (Lipinski definition) is 4. The zero-order valence-corrected chi connectivity index (χ0v) is 17.6. The standard InChI is InChI=1S/C24H37NO4/c1-2-3-4-8-18(26)10-11-19-21-13-17-7-5-6-16(9-12-23(28)29)20(17)14-24(21,25)15-22(19)27/h5-7,18-19,21-22,26-27H,2-4,8-15,25H2,1H3,(H,28,29)/t18?,19?,21?,22-,24?/m1/s1. The van der Waals surface area contributed by atoms with Crippen LogP contribution in [0.3, 0.4) is 0 Å². The Balaban J connectivity index is 1.69. The number of aliphatic hydroxyl groups excluding tert-OH is 2. The van der Waals surface area contributed by atoms with Crippen LogP contribution in [0.4, 0.5) is 0 Å². The van der Waals surface area contributed by atoms with Crippen LogP contribution in [0.25, 0.3) is 0 Å². The molecule has 5 atom stereocenters. The van der Waals surface area contributed by atoms with Crippen LogP contribution in [0.15, 0.2) is 18.2 Å². The van der Waals surface area contributed by atoms with Gasteiger partial charge in [0.15, 0.2) is 0 Å². The van der Waals surface area contributed by atoms with Crippen molar-refractivity contribution in [2.24, 2.45) is 17.6 Å². The van der Waals surface area contributed by atoms with Gasteiger partial charge in [-0.2, -0.15) is 0 Å². The van der Waals surface area contributed by atoms with Crippen LogP contribution in [0.1, 0.15) is 75.0 Å². The van der Waals surface area contributed by atoms with E-state index < -0.39 is 17.6 Å². The Morgan fingerprint density at radius 3 is 2.83 bits per heavy atom. The normalized spacial score (nSPS) is 29.3. The highest BCUT2D eigenvalue weighted by Crippen LogP contribution is 2.48. The van der Waals surface area contributed by atoms with E-state index in [0.717, 1.165) is 50.5 Å². The summed E-state index contributed by atoms with van der Waals surface area (Å²) in [5.74, 6) is -0.452. The molecule has 0 radical (unpaired) electrons. The number of carboxylic acids is 1. The number of aliphatic carboxylic acids is 1. The molecule has 5 N–H and O–H groups in total. The fraction of sp³-hybridized carbons (Fsp3) is 0.708. The van der Waals surface area contributed by atoms with Gasteiger partial charge in [0.05, 0.1) is 12.2 Å². The van der Waals surface area contributed by atoms with E-state index >= 15 is 0 Å². The van der Waals surface area contributed by atoms with E-state index in [1.807, 2.05) is 12.1 Å². The van der Waals surface area contributed by atoms with Crippen LogP contribution < -0.4 is 5.73 Å². The van der Waals surface area contributed by atoms with E-state index in [1.54, 1.807) is 0 Å². The molecule has 2 aliphatic rings. The van der Waals surface area contributed by atoms with Gasteiger partial charge >= 0.3 is 5.97 Å². The number of aliphatic hydroxyl groups is 2. The maximum absolute atomic E-state index is 11.0. The number of nitrogens with two attached hydrogens (primary N) is 1. The quantitative estimate of drug-likeness (QED) is 0.449. The Hall–Kier alpha value is -1.43. The van der Waals surface area contributed by atoms with Gasteiger partial charge in [0.25, 0.3) is 0 Å². The highest BCUT2D eigenvalue weighted by molar-refractivity contribution is 5.67. The summed E-state index contributed by atoms with van der Waals surface area (Å²) >= 11 is 0. The first-order valence-electron chi connectivity index (χ1n) is 11.3. The summed E-state index contributed by atoms with van der Waals surface area (Å²) in [6, 6.07) is 6.15. The predicted octanol–water partition coefficient (Wildman–Crippen LogP) is 3.22. The third-order valence-corrected chi connectivity index (χ3v) is 7.24. The number of fused-ring (bicyclic) bond motifs is 2. The zero-order chi connectivity index (χ0) is 21.0. The van der Waals surface area contributed by atoms with Gasteiger partial charge in [0.1, 0.15) is 0 Å². The Morgan fingerprint density at radius 1 is 1.31 bits per heavy atom. The minimum Gasteiger partial charge on any atom is -0.481 e. The van der Waals surface area contributed by atoms with E-state index in [1.165, 1.54) is 11.1 Å². The summed E-state index contributed by atoms with van der Waals surface area (Å²) in [7, 11) is 0. The monoisotopic (exact) mass is 403 g/mol. The molecule has 1 aromatic carbocycles. The van der Waals surface area contributed by atoms with Crippen molar-refractivity contribution in [3.63, 3.8) is 0 Å². The van der Waals surface area contributed by atoms with Gasteiger partial charge in [-0.3, -0.25) is 4.79 Å². The summed E-state index contributed by atoms with van der Waals surface area (Å²) in [6.45, 7) is 2.16.